The quantitative estimate of drug-likeness (QED) is 0.535. The molecule has 0 atom stereocenters. The zero-order valence-corrected chi connectivity index (χ0v) is 5.04. The Morgan fingerprint density at radius 2 is 1.62 bits per heavy atom. The highest BCUT2D eigenvalue weighted by atomic mass is 14.5. The van der Waals surface area contributed by atoms with Crippen molar-refractivity contribution < 1.29 is 0 Å². The van der Waals surface area contributed by atoms with E-state index in [9.17, 15) is 0 Å². The van der Waals surface area contributed by atoms with Crippen LogP contribution in [-0.2, 0) is 0 Å². The van der Waals surface area contributed by atoms with Gasteiger partial charge in [-0.1, -0.05) is 24.3 Å². The van der Waals surface area contributed by atoms with Crippen LogP contribution in [0.5, 0.6) is 0 Å². The van der Waals surface area contributed by atoms with Gasteiger partial charge in [0.1, 0.15) is 0 Å². The number of allylic oxidation sites excluding steroid dienone is 5. The Labute approximate surface area is 50.2 Å². The molecule has 0 saturated heterocycles. The maximum Gasteiger partial charge on any atom is -0.00624 e. The van der Waals surface area contributed by atoms with E-state index < -0.39 is 0 Å². The van der Waals surface area contributed by atoms with Crippen LogP contribution in [0, 0.1) is 0 Å². The summed E-state index contributed by atoms with van der Waals surface area (Å²) in [5.74, 6) is 0. The van der Waals surface area contributed by atoms with Gasteiger partial charge in [-0.15, -0.1) is 0 Å². The molecule has 0 amide bonds. The Hall–Kier alpha value is -0.980. The Bertz CT molecular complexity index is 95.6. The molecular formula is C7H11N. The Kier molecular flexibility index (Phi) is 5.28. The van der Waals surface area contributed by atoms with Crippen molar-refractivity contribution in [1.29, 1.82) is 0 Å². The molecule has 0 aromatic heterocycles. The number of nitrogens with two attached hydrogens (primary N) is 1. The lowest BCUT2D eigenvalue weighted by Gasteiger charge is -1.68. The molecule has 0 unspecified atom stereocenters. The van der Waals surface area contributed by atoms with E-state index in [0.29, 0.717) is 0 Å². The van der Waals surface area contributed by atoms with Crippen molar-refractivity contribution in [1.82, 2.24) is 0 Å². The highest BCUT2D eigenvalue weighted by Gasteiger charge is 1.55. The molecule has 0 aromatic rings. The second-order valence-corrected chi connectivity index (χ2v) is 1.30. The van der Waals surface area contributed by atoms with Crippen LogP contribution in [-0.4, -0.2) is 0 Å². The van der Waals surface area contributed by atoms with E-state index >= 15 is 0 Å². The summed E-state index contributed by atoms with van der Waals surface area (Å²) in [6.45, 7) is 1.97. The third-order valence-corrected chi connectivity index (χ3v) is 0.637. The average Bonchev–Trinajstić information content (AvgIpc) is 1.81. The van der Waals surface area contributed by atoms with Crippen LogP contribution in [0.4, 0.5) is 0 Å². The molecule has 0 fully saturated rings. The van der Waals surface area contributed by atoms with Crippen molar-refractivity contribution in [3.63, 3.8) is 0 Å². The van der Waals surface area contributed by atoms with E-state index in [-0.39, 0.29) is 0 Å². The van der Waals surface area contributed by atoms with Crippen molar-refractivity contribution in [2.24, 2.45) is 5.73 Å². The summed E-state index contributed by atoms with van der Waals surface area (Å²) < 4.78 is 0. The fraction of sp³-hybridized carbons (Fsp3) is 0.143. The molecule has 0 aliphatic heterocycles. The molecule has 0 aliphatic rings. The average molecular weight is 109 g/mol. The maximum absolute atomic E-state index is 5.05. The molecule has 0 aliphatic carbocycles. The zero-order chi connectivity index (χ0) is 6.24. The van der Waals surface area contributed by atoms with Gasteiger partial charge in [-0.3, -0.25) is 0 Å². The van der Waals surface area contributed by atoms with Gasteiger partial charge in [0.05, 0.1) is 0 Å². The molecule has 8 heavy (non-hydrogen) atoms. The van der Waals surface area contributed by atoms with E-state index in [4.69, 9.17) is 5.73 Å². The Balaban J connectivity index is 3.35. The Morgan fingerprint density at radius 1 is 1.00 bits per heavy atom. The first-order valence-electron chi connectivity index (χ1n) is 2.58. The van der Waals surface area contributed by atoms with Gasteiger partial charge >= 0.3 is 0 Å². The predicted octanol–water partition coefficient (Wildman–Crippen LogP) is 1.59. The summed E-state index contributed by atoms with van der Waals surface area (Å²) in [5, 5.41) is 0. The monoisotopic (exact) mass is 109 g/mol. The fourth-order valence-electron chi connectivity index (χ4n) is 0.304. The van der Waals surface area contributed by atoms with Gasteiger partial charge in [0.25, 0.3) is 0 Å². The minimum atomic E-state index is 1.50. The van der Waals surface area contributed by atoms with Crippen LogP contribution < -0.4 is 5.73 Å². The summed E-state index contributed by atoms with van der Waals surface area (Å²) in [7, 11) is 0. The summed E-state index contributed by atoms with van der Waals surface area (Å²) in [5.41, 5.74) is 5.05. The lowest BCUT2D eigenvalue weighted by molar-refractivity contribution is 1.60. The maximum atomic E-state index is 5.05. The highest BCUT2D eigenvalue weighted by Crippen LogP contribution is 1.75. The fourth-order valence-corrected chi connectivity index (χ4v) is 0.304. The first-order chi connectivity index (χ1) is 3.91. The lowest BCUT2D eigenvalue weighted by atomic mass is 10.4. The van der Waals surface area contributed by atoms with Crippen LogP contribution in [0.1, 0.15) is 6.92 Å². The SMILES string of the molecule is C\C=C/C=C\C=C\N. The molecule has 0 saturated carbocycles. The van der Waals surface area contributed by atoms with Gasteiger partial charge in [0.2, 0.25) is 0 Å². The normalized spacial score (nSPS) is 12.6. The Morgan fingerprint density at radius 3 is 2.12 bits per heavy atom. The highest BCUT2D eigenvalue weighted by molar-refractivity contribution is 5.09. The van der Waals surface area contributed by atoms with E-state index in [2.05, 4.69) is 0 Å². The number of rotatable bonds is 2. The van der Waals surface area contributed by atoms with Gasteiger partial charge < -0.3 is 5.73 Å². The topological polar surface area (TPSA) is 26.0 Å². The van der Waals surface area contributed by atoms with Crippen molar-refractivity contribution in [2.75, 3.05) is 0 Å². The first-order valence-corrected chi connectivity index (χ1v) is 2.58. The molecule has 0 aromatic carbocycles. The van der Waals surface area contributed by atoms with Crippen LogP contribution in [0.25, 0.3) is 0 Å². The van der Waals surface area contributed by atoms with Crippen LogP contribution in [0.2, 0.25) is 0 Å². The molecule has 0 spiro atoms. The van der Waals surface area contributed by atoms with Crippen LogP contribution in [0.15, 0.2) is 36.6 Å². The third-order valence-electron chi connectivity index (χ3n) is 0.637. The van der Waals surface area contributed by atoms with Crippen molar-refractivity contribution in [3.8, 4) is 0 Å². The van der Waals surface area contributed by atoms with Gasteiger partial charge in [0, 0.05) is 0 Å². The number of hydrogen-bond donors (Lipinski definition) is 1. The minimum Gasteiger partial charge on any atom is -0.405 e. The van der Waals surface area contributed by atoms with Gasteiger partial charge in [-0.25, -0.2) is 0 Å². The smallest absolute Gasteiger partial charge is 0.00624 e. The summed E-state index contributed by atoms with van der Waals surface area (Å²) >= 11 is 0. The molecule has 0 bridgehead atoms. The first kappa shape index (κ1) is 7.02. The van der Waals surface area contributed by atoms with E-state index in [1.165, 1.54) is 6.20 Å². The summed E-state index contributed by atoms with van der Waals surface area (Å²) in [6.07, 6.45) is 11.0. The summed E-state index contributed by atoms with van der Waals surface area (Å²) in [4.78, 5) is 0. The van der Waals surface area contributed by atoms with Crippen molar-refractivity contribution in [2.45, 2.75) is 6.92 Å². The van der Waals surface area contributed by atoms with E-state index in [1.807, 2.05) is 31.2 Å². The van der Waals surface area contributed by atoms with E-state index in [1.54, 1.807) is 6.08 Å². The zero-order valence-electron chi connectivity index (χ0n) is 5.04. The molecule has 2 N–H and O–H groups in total. The standard InChI is InChI=1S/C7H11N/c1-2-3-4-5-6-7-8/h2-7H,8H2,1H3/b3-2-,5-4-,7-6+. The summed E-state index contributed by atoms with van der Waals surface area (Å²) in [6, 6.07) is 0. The predicted molar refractivity (Wildman–Crippen MR) is 37.3 cm³/mol. The lowest BCUT2D eigenvalue weighted by Crippen LogP contribution is -1.71. The molecular weight excluding hydrogens is 98.1 g/mol. The molecule has 0 radical (unpaired) electrons. The van der Waals surface area contributed by atoms with Crippen LogP contribution in [0.3, 0.4) is 0 Å². The molecule has 1 heteroatoms. The van der Waals surface area contributed by atoms with Crippen molar-refractivity contribution in [3.05, 3.63) is 36.6 Å². The van der Waals surface area contributed by atoms with Gasteiger partial charge in [-0.2, -0.15) is 0 Å². The molecule has 1 nitrogen and oxygen atoms in total. The van der Waals surface area contributed by atoms with Gasteiger partial charge in [-0.05, 0) is 19.2 Å². The second kappa shape index (κ2) is 6.02. The molecule has 0 rings (SSSR count). The second-order valence-electron chi connectivity index (χ2n) is 1.30. The largest absolute Gasteiger partial charge is 0.405 e. The number of hydrogen-bond acceptors (Lipinski definition) is 1. The van der Waals surface area contributed by atoms with Crippen LogP contribution >= 0.6 is 0 Å². The third kappa shape index (κ3) is 5.02. The minimum absolute atomic E-state index is 1.50. The van der Waals surface area contributed by atoms with Gasteiger partial charge in [0.15, 0.2) is 0 Å². The molecule has 44 valence electrons. The van der Waals surface area contributed by atoms with E-state index in [0.717, 1.165) is 0 Å². The molecule has 0 heterocycles. The van der Waals surface area contributed by atoms with Crippen molar-refractivity contribution >= 4 is 0 Å².